The topological polar surface area (TPSA) is 129 Å². The molecule has 1 N–H and O–H groups in total. The number of aliphatic hydroxyl groups excluding tert-OH is 1. The number of imide groups is 1. The lowest BCUT2D eigenvalue weighted by Crippen LogP contribution is -2.31. The number of esters is 2. The molecule has 1 aliphatic carbocycles. The minimum atomic E-state index is -0.679. The summed E-state index contributed by atoms with van der Waals surface area (Å²) >= 11 is 0. The number of nitrogens with zero attached hydrogens (tertiary/aromatic N) is 1. The number of amides is 2. The SMILES string of the molecule is C=C(CO)C(=O)OCCOc1ccc(C(=O)Oc2ccc3c(c2)C(C)c2cc(OCCCN4C(=O)C=CC4=O)ccc2-3)cc1CC. The zero-order valence-electron chi connectivity index (χ0n) is 25.7. The van der Waals surface area contributed by atoms with E-state index in [9.17, 15) is 19.2 Å². The van der Waals surface area contributed by atoms with Gasteiger partial charge in [0.1, 0.15) is 30.5 Å². The van der Waals surface area contributed by atoms with Gasteiger partial charge in [-0.3, -0.25) is 14.5 Å². The molecule has 0 saturated carbocycles. The standard InChI is InChI=1S/C36H35NO9/c1-4-24-18-25(6-11-32(24)44-16-17-45-35(41)22(2)21-38)36(42)46-27-8-10-29-28-9-7-26(19-30(28)23(3)31(29)20-27)43-15-5-14-37-33(39)12-13-34(37)40/h6-13,18-20,23,38H,2,4-5,14-17,21H2,1,3H3. The largest absolute Gasteiger partial charge is 0.494 e. The van der Waals surface area contributed by atoms with Crippen LogP contribution in [0.4, 0.5) is 0 Å². The number of fused-ring (bicyclic) bond motifs is 3. The van der Waals surface area contributed by atoms with Crippen LogP contribution < -0.4 is 14.2 Å². The average molecular weight is 626 g/mol. The second-order valence-corrected chi connectivity index (χ2v) is 10.9. The van der Waals surface area contributed by atoms with Gasteiger partial charge in [-0.25, -0.2) is 9.59 Å². The fraction of sp³-hybridized carbons (Fsp3) is 0.278. The highest BCUT2D eigenvalue weighted by atomic mass is 16.6. The summed E-state index contributed by atoms with van der Waals surface area (Å²) in [5, 5.41) is 8.95. The van der Waals surface area contributed by atoms with Crippen molar-refractivity contribution in [2.45, 2.75) is 32.6 Å². The lowest BCUT2D eigenvalue weighted by molar-refractivity contribution is -0.140. The first-order valence-corrected chi connectivity index (χ1v) is 15.1. The van der Waals surface area contributed by atoms with Crippen LogP contribution in [0.25, 0.3) is 11.1 Å². The van der Waals surface area contributed by atoms with Gasteiger partial charge in [0.05, 0.1) is 24.4 Å². The third kappa shape index (κ3) is 7.02. The number of carbonyl (C=O) groups is 4. The summed E-state index contributed by atoms with van der Waals surface area (Å²) in [7, 11) is 0. The van der Waals surface area contributed by atoms with Gasteiger partial charge in [0.15, 0.2) is 0 Å². The predicted octanol–water partition coefficient (Wildman–Crippen LogP) is 4.76. The molecule has 1 heterocycles. The number of ether oxygens (including phenoxy) is 4. The molecule has 46 heavy (non-hydrogen) atoms. The Morgan fingerprint density at radius 3 is 2.22 bits per heavy atom. The van der Waals surface area contributed by atoms with Crippen LogP contribution in [-0.4, -0.2) is 66.7 Å². The molecule has 10 nitrogen and oxygen atoms in total. The van der Waals surface area contributed by atoms with Gasteiger partial charge in [-0.15, -0.1) is 0 Å². The van der Waals surface area contributed by atoms with Crippen molar-refractivity contribution >= 4 is 23.8 Å². The monoisotopic (exact) mass is 625 g/mol. The van der Waals surface area contributed by atoms with Crippen molar-refractivity contribution in [1.82, 2.24) is 4.90 Å². The van der Waals surface area contributed by atoms with Gasteiger partial charge >= 0.3 is 11.9 Å². The van der Waals surface area contributed by atoms with E-state index in [1.807, 2.05) is 37.3 Å². The molecule has 0 radical (unpaired) electrons. The number of carbonyl (C=O) groups excluding carboxylic acids is 4. The van der Waals surface area contributed by atoms with Gasteiger partial charge in [0.2, 0.25) is 0 Å². The van der Waals surface area contributed by atoms with Gasteiger partial charge in [-0.2, -0.15) is 0 Å². The molecule has 1 unspecified atom stereocenters. The van der Waals surface area contributed by atoms with E-state index in [0.29, 0.717) is 48.8 Å². The number of hydrogen-bond acceptors (Lipinski definition) is 9. The summed E-state index contributed by atoms with van der Waals surface area (Å²) in [4.78, 5) is 49.4. The maximum Gasteiger partial charge on any atom is 0.343 e. The molecule has 238 valence electrons. The minimum absolute atomic E-state index is 0.0109. The lowest BCUT2D eigenvalue weighted by Gasteiger charge is -2.14. The van der Waals surface area contributed by atoms with Crippen LogP contribution in [0.5, 0.6) is 17.2 Å². The molecule has 2 amide bonds. The van der Waals surface area contributed by atoms with Crippen molar-refractivity contribution in [3.63, 3.8) is 0 Å². The van der Waals surface area contributed by atoms with Crippen LogP contribution in [0.2, 0.25) is 0 Å². The van der Waals surface area contributed by atoms with E-state index >= 15 is 0 Å². The van der Waals surface area contributed by atoms with Crippen LogP contribution in [0.15, 0.2) is 78.9 Å². The third-order valence-corrected chi connectivity index (χ3v) is 7.91. The zero-order chi connectivity index (χ0) is 32.8. The summed E-state index contributed by atoms with van der Waals surface area (Å²) in [5.74, 6) is -0.0191. The fourth-order valence-corrected chi connectivity index (χ4v) is 5.42. The van der Waals surface area contributed by atoms with Gasteiger partial charge in [-0.1, -0.05) is 32.6 Å². The second kappa shape index (κ2) is 14.3. The Kier molecular flexibility index (Phi) is 9.97. The molecule has 1 aliphatic heterocycles. The molecule has 0 spiro atoms. The van der Waals surface area contributed by atoms with Crippen molar-refractivity contribution in [3.05, 3.63) is 101 Å². The Morgan fingerprint density at radius 1 is 0.870 bits per heavy atom. The summed E-state index contributed by atoms with van der Waals surface area (Å²) in [6, 6.07) is 16.6. The lowest BCUT2D eigenvalue weighted by atomic mass is 9.99. The van der Waals surface area contributed by atoms with Crippen LogP contribution in [0.1, 0.15) is 53.2 Å². The van der Waals surface area contributed by atoms with Crippen molar-refractivity contribution in [3.8, 4) is 28.4 Å². The first kappa shape index (κ1) is 32.2. The molecule has 3 aromatic rings. The second-order valence-electron chi connectivity index (χ2n) is 10.9. The molecule has 0 aromatic heterocycles. The molecule has 2 aliphatic rings. The summed E-state index contributed by atoms with van der Waals surface area (Å²) < 4.78 is 22.4. The maximum absolute atomic E-state index is 13.1. The van der Waals surface area contributed by atoms with E-state index in [2.05, 4.69) is 13.5 Å². The molecule has 10 heteroatoms. The number of rotatable bonds is 14. The van der Waals surface area contributed by atoms with E-state index in [0.717, 1.165) is 27.8 Å². The molecule has 0 fully saturated rings. The van der Waals surface area contributed by atoms with E-state index in [4.69, 9.17) is 24.1 Å². The molecular formula is C36H35NO9. The predicted molar refractivity (Wildman–Crippen MR) is 169 cm³/mol. The smallest absolute Gasteiger partial charge is 0.343 e. The average Bonchev–Trinajstić information content (AvgIpc) is 3.54. The Bertz CT molecular complexity index is 1710. The quantitative estimate of drug-likeness (QED) is 0.0886. The Balaban J connectivity index is 1.17. The molecular weight excluding hydrogens is 590 g/mol. The molecule has 0 saturated heterocycles. The van der Waals surface area contributed by atoms with E-state index in [-0.39, 0.29) is 36.5 Å². The third-order valence-electron chi connectivity index (χ3n) is 7.91. The summed E-state index contributed by atoms with van der Waals surface area (Å²) in [5.41, 5.74) is 5.43. The first-order valence-electron chi connectivity index (χ1n) is 15.1. The highest BCUT2D eigenvalue weighted by Gasteiger charge is 2.27. The maximum atomic E-state index is 13.1. The Labute approximate surface area is 266 Å². The number of benzene rings is 3. The van der Waals surface area contributed by atoms with Crippen molar-refractivity contribution < 1.29 is 43.2 Å². The van der Waals surface area contributed by atoms with Crippen LogP contribution >= 0.6 is 0 Å². The zero-order valence-corrected chi connectivity index (χ0v) is 25.7. The number of aliphatic hydroxyl groups is 1. The van der Waals surface area contributed by atoms with E-state index < -0.39 is 18.5 Å². The minimum Gasteiger partial charge on any atom is -0.494 e. The molecule has 0 bridgehead atoms. The van der Waals surface area contributed by atoms with E-state index in [1.54, 1.807) is 24.3 Å². The number of aryl methyl sites for hydroxylation is 1. The van der Waals surface area contributed by atoms with Gasteiger partial charge in [0.25, 0.3) is 11.8 Å². The van der Waals surface area contributed by atoms with Crippen molar-refractivity contribution in [1.29, 1.82) is 0 Å². The van der Waals surface area contributed by atoms with E-state index in [1.165, 1.54) is 17.1 Å². The van der Waals surface area contributed by atoms with Gasteiger partial charge < -0.3 is 24.1 Å². The van der Waals surface area contributed by atoms with Crippen molar-refractivity contribution in [2.75, 3.05) is 33.0 Å². The highest BCUT2D eigenvalue weighted by molar-refractivity contribution is 6.12. The summed E-state index contributed by atoms with van der Waals surface area (Å²) in [6.07, 6.45) is 3.68. The Morgan fingerprint density at radius 2 is 1.54 bits per heavy atom. The molecule has 3 aromatic carbocycles. The number of hydrogen-bond donors (Lipinski definition) is 1. The summed E-state index contributed by atoms with van der Waals surface area (Å²) in [6.45, 7) is 7.74. The molecule has 5 rings (SSSR count). The molecule has 1 atom stereocenters. The normalized spacial score (nSPS) is 14.6. The Hall–Kier alpha value is -5.22. The first-order chi connectivity index (χ1) is 22.2. The van der Waals surface area contributed by atoms with Gasteiger partial charge in [0, 0.05) is 24.6 Å². The highest BCUT2D eigenvalue weighted by Crippen LogP contribution is 2.47. The van der Waals surface area contributed by atoms with Crippen molar-refractivity contribution in [2.24, 2.45) is 0 Å². The van der Waals surface area contributed by atoms with Gasteiger partial charge in [-0.05, 0) is 83.1 Å². The van der Waals surface area contributed by atoms with Crippen LogP contribution in [0.3, 0.4) is 0 Å². The fourth-order valence-electron chi connectivity index (χ4n) is 5.42. The van der Waals surface area contributed by atoms with Crippen LogP contribution in [0, 0.1) is 0 Å². The van der Waals surface area contributed by atoms with Crippen LogP contribution in [-0.2, 0) is 25.5 Å².